The van der Waals surface area contributed by atoms with Gasteiger partial charge in [-0.2, -0.15) is 0 Å². The number of carbonyl (C=O) groups is 4. The van der Waals surface area contributed by atoms with Gasteiger partial charge < -0.3 is 48.2 Å². The molecule has 2 atom stereocenters. The van der Waals surface area contributed by atoms with E-state index in [9.17, 15) is 24.3 Å². The van der Waals surface area contributed by atoms with Crippen LogP contribution in [0.2, 0.25) is 40.2 Å². The number of ether oxygens (including phenoxy) is 6. The first-order valence-electron chi connectivity index (χ1n) is 31.9. The lowest BCUT2D eigenvalue weighted by Crippen LogP contribution is -2.52. The van der Waals surface area contributed by atoms with Gasteiger partial charge in [0.15, 0.2) is 11.5 Å². The van der Waals surface area contributed by atoms with Gasteiger partial charge in [-0.05, 0) is 181 Å². The monoisotopic (exact) mass is 1470 g/mol. The average molecular weight is 1470 g/mol. The number of amides is 4. The molecule has 0 radical (unpaired) electrons. The number of nitrogens with zero attached hydrogens (tertiary/aromatic N) is 4. The van der Waals surface area contributed by atoms with Crippen LogP contribution in [0.25, 0.3) is 11.1 Å². The van der Waals surface area contributed by atoms with Gasteiger partial charge in [0.2, 0.25) is 0 Å². The molecule has 23 heteroatoms. The number of hydrogen-bond acceptors (Lipinski definition) is 11. The summed E-state index contributed by atoms with van der Waals surface area (Å²) in [5, 5.41) is 14.1. The molecule has 0 spiro atoms. The van der Waals surface area contributed by atoms with Crippen LogP contribution in [0.1, 0.15) is 116 Å². The molecule has 0 bridgehead atoms. The highest BCUT2D eigenvalue weighted by Gasteiger charge is 2.45. The van der Waals surface area contributed by atoms with Crippen LogP contribution in [0.5, 0.6) is 23.0 Å². The molecule has 512 valence electrons. The molecule has 4 aliphatic rings. The van der Waals surface area contributed by atoms with Gasteiger partial charge in [-0.25, -0.2) is 9.59 Å². The lowest BCUT2D eigenvalue weighted by Gasteiger charge is -2.40. The molecule has 2 saturated carbocycles. The van der Waals surface area contributed by atoms with Crippen molar-refractivity contribution in [2.75, 3.05) is 46.1 Å². The van der Waals surface area contributed by atoms with Gasteiger partial charge in [0.1, 0.15) is 49.1 Å². The minimum atomic E-state index is -0.920. The van der Waals surface area contributed by atoms with Gasteiger partial charge in [0.05, 0.1) is 58.9 Å². The molecule has 2 fully saturated rings. The Bertz CT molecular complexity index is 3540. The van der Waals surface area contributed by atoms with Crippen LogP contribution in [-0.2, 0) is 32.2 Å². The highest BCUT2D eigenvalue weighted by atomic mass is 35.5. The van der Waals surface area contributed by atoms with Gasteiger partial charge in [0, 0.05) is 49.4 Å². The largest absolute Gasteiger partial charge is 0.490 e. The fourth-order valence-corrected chi connectivity index (χ4v) is 13.2. The molecule has 2 heterocycles. The van der Waals surface area contributed by atoms with Gasteiger partial charge in [-0.1, -0.05) is 160 Å². The average Bonchev–Trinajstić information content (AvgIpc) is 1.17. The molecule has 10 rings (SSSR count). The van der Waals surface area contributed by atoms with Crippen LogP contribution in [-0.4, -0.2) is 130 Å². The third-order valence-corrected chi connectivity index (χ3v) is 19.1. The van der Waals surface area contributed by atoms with Crippen molar-refractivity contribution in [3.8, 4) is 23.0 Å². The van der Waals surface area contributed by atoms with E-state index in [2.05, 4.69) is 0 Å². The molecule has 0 aromatic heterocycles. The number of carbonyl (C=O) groups excluding carboxylic acids is 4. The molecule has 0 saturated heterocycles. The number of hydrogen-bond donors (Lipinski definition) is 1. The maximum Gasteiger partial charge on any atom is 0.410 e. The first kappa shape index (κ1) is 74.0. The summed E-state index contributed by atoms with van der Waals surface area (Å²) in [7, 11) is 0. The van der Waals surface area contributed by atoms with Crippen molar-refractivity contribution in [1.82, 2.24) is 19.6 Å². The molecule has 6 aromatic carbocycles. The SMILES string of the molecule is CC(C)(C)OC(=O)N1CCC(c2ccc(OCCOc3c(Cl)cccc3Cl)cc2)=C(C(=O)N(Cc2cccc(Cl)c2Cl)C2CC2)[C@H]1CO.CC[C@@H]1C(C(=O)N(Cc2cccc(Cl)c2Cl)C2CC2)=C(c2ccc(OCCOc3c(Cl)cccc3Cl)cc2)CCN1C(=O)OC(C)(C)C. The number of benzene rings is 6. The predicted molar refractivity (Wildman–Crippen MR) is 382 cm³/mol. The van der Waals surface area contributed by atoms with Crippen LogP contribution in [0.3, 0.4) is 0 Å². The van der Waals surface area contributed by atoms with Gasteiger partial charge in [-0.3, -0.25) is 14.5 Å². The summed E-state index contributed by atoms with van der Waals surface area (Å²) in [5.74, 6) is 1.68. The molecule has 15 nitrogen and oxygen atoms in total. The number of rotatable bonds is 22. The van der Waals surface area contributed by atoms with E-state index >= 15 is 0 Å². The van der Waals surface area contributed by atoms with E-state index in [1.165, 1.54) is 4.90 Å². The Labute approximate surface area is 601 Å². The third-order valence-electron chi connectivity index (χ3n) is 16.2. The van der Waals surface area contributed by atoms with E-state index in [0.717, 1.165) is 53.5 Å². The van der Waals surface area contributed by atoms with E-state index in [-0.39, 0.29) is 63.4 Å². The zero-order chi connectivity index (χ0) is 69.2. The molecular formula is C73H78Cl8N4O11. The number of aliphatic hydroxyl groups excluding tert-OH is 1. The van der Waals surface area contributed by atoms with Crippen molar-refractivity contribution in [3.63, 3.8) is 0 Å². The number of halogens is 8. The summed E-state index contributed by atoms with van der Waals surface area (Å²) in [6, 6.07) is 34.8. The topological polar surface area (TPSA) is 157 Å². The minimum Gasteiger partial charge on any atom is -0.490 e. The summed E-state index contributed by atoms with van der Waals surface area (Å²) in [6.45, 7) is 14.6. The molecule has 0 unspecified atom stereocenters. The highest BCUT2D eigenvalue weighted by Crippen LogP contribution is 2.43. The molecule has 2 aliphatic carbocycles. The second kappa shape index (κ2) is 33.1. The van der Waals surface area contributed by atoms with Crippen molar-refractivity contribution in [3.05, 3.63) is 195 Å². The maximum atomic E-state index is 14.7. The maximum absolute atomic E-state index is 14.7. The second-order valence-corrected chi connectivity index (χ2v) is 28.8. The Morgan fingerprint density at radius 1 is 0.469 bits per heavy atom. The highest BCUT2D eigenvalue weighted by molar-refractivity contribution is 6.43. The molecule has 2 aliphatic heterocycles. The van der Waals surface area contributed by atoms with Crippen molar-refractivity contribution in [2.24, 2.45) is 0 Å². The van der Waals surface area contributed by atoms with E-state index in [1.54, 1.807) is 85.2 Å². The van der Waals surface area contributed by atoms with Crippen LogP contribution in [0.4, 0.5) is 9.59 Å². The number of aliphatic hydroxyl groups is 1. The third kappa shape index (κ3) is 19.1. The normalized spacial score (nSPS) is 16.5. The zero-order valence-corrected chi connectivity index (χ0v) is 60.6. The molecule has 4 amide bonds. The van der Waals surface area contributed by atoms with E-state index in [1.807, 2.05) is 99.3 Å². The van der Waals surface area contributed by atoms with Crippen LogP contribution in [0.15, 0.2) is 132 Å². The Hall–Kier alpha value is -6.24. The van der Waals surface area contributed by atoms with E-state index < -0.39 is 42.1 Å². The number of para-hydroxylation sites is 2. The van der Waals surface area contributed by atoms with Gasteiger partial charge in [0.25, 0.3) is 11.8 Å². The van der Waals surface area contributed by atoms with Crippen LogP contribution in [0, 0.1) is 0 Å². The van der Waals surface area contributed by atoms with E-state index in [4.69, 9.17) is 121 Å². The smallest absolute Gasteiger partial charge is 0.410 e. The summed E-state index contributed by atoms with van der Waals surface area (Å²) >= 11 is 50.5. The first-order valence-corrected chi connectivity index (χ1v) is 34.9. The Kier molecular flexibility index (Phi) is 25.5. The van der Waals surface area contributed by atoms with Crippen LogP contribution >= 0.6 is 92.8 Å². The first-order chi connectivity index (χ1) is 45.7. The zero-order valence-electron chi connectivity index (χ0n) is 54.5. The minimum absolute atomic E-state index is 0.00353. The summed E-state index contributed by atoms with van der Waals surface area (Å²) in [4.78, 5) is 63.0. The van der Waals surface area contributed by atoms with E-state index in [0.29, 0.717) is 112 Å². The molecular weight excluding hydrogens is 1390 g/mol. The Balaban J connectivity index is 0.000000225. The van der Waals surface area contributed by atoms with Gasteiger partial charge in [-0.15, -0.1) is 0 Å². The summed E-state index contributed by atoms with van der Waals surface area (Å²) in [5.41, 5.74) is 4.32. The Morgan fingerprint density at radius 3 is 1.15 bits per heavy atom. The van der Waals surface area contributed by atoms with Gasteiger partial charge >= 0.3 is 12.2 Å². The fraction of sp³-hybridized carbons (Fsp3) is 0.397. The van der Waals surface area contributed by atoms with Crippen LogP contribution < -0.4 is 18.9 Å². The summed E-state index contributed by atoms with van der Waals surface area (Å²) in [6.07, 6.45) is 3.85. The molecule has 1 N–H and O–H groups in total. The molecule has 6 aromatic rings. The van der Waals surface area contributed by atoms with Crippen molar-refractivity contribution >= 4 is 128 Å². The lowest BCUT2D eigenvalue weighted by atomic mass is 9.86. The lowest BCUT2D eigenvalue weighted by molar-refractivity contribution is -0.130. The van der Waals surface area contributed by atoms with Crippen molar-refractivity contribution < 1.29 is 52.7 Å². The summed E-state index contributed by atoms with van der Waals surface area (Å²) < 4.78 is 34.8. The quantitative estimate of drug-likeness (QED) is 0.0645. The fourth-order valence-electron chi connectivity index (χ4n) is 11.5. The standard InChI is InChI=1S/C37H40Cl4N2O5.C36H38Cl4N2O6/c1-5-31-32(35(44)43(25-14-15-25)22-24-8-6-9-28(38)33(24)41)27(18-19-42(31)36(45)48-37(2,3)4)23-12-16-26(17-13-23)46-20-21-47-34-29(39)10-7-11-30(34)40;1-36(2,3)48-35(45)41-17-16-26(22-10-14-25(15-11-22)46-18-19-47-33-28(38)8-5-9-29(33)39)31(30(41)21-43)34(44)42(24-12-13-24)20-23-6-4-7-27(37)32(23)40/h6-13,16-17,25,31H,5,14-15,18-22H2,1-4H3;4-11,14-15,24,30,43H,12-13,16-21H2,1-3H3/t31-;30-/m11/s1. The van der Waals surface area contributed by atoms with Crippen molar-refractivity contribution in [1.29, 1.82) is 0 Å². The Morgan fingerprint density at radius 2 is 0.802 bits per heavy atom. The van der Waals surface area contributed by atoms with Crippen molar-refractivity contribution in [2.45, 2.75) is 142 Å². The second-order valence-electron chi connectivity index (χ2n) is 25.6. The predicted octanol–water partition coefficient (Wildman–Crippen LogP) is 18.8. The molecule has 96 heavy (non-hydrogen) atoms.